The molecule has 0 saturated carbocycles. The van der Waals surface area contributed by atoms with Gasteiger partial charge in [-0.25, -0.2) is 0 Å². The largest absolute Gasteiger partial charge is 0.494 e. The predicted molar refractivity (Wildman–Crippen MR) is 60.8 cm³/mol. The van der Waals surface area contributed by atoms with Crippen molar-refractivity contribution in [3.63, 3.8) is 0 Å². The van der Waals surface area contributed by atoms with Crippen molar-refractivity contribution < 1.29 is 9.47 Å². The number of nitrogen functional groups attached to an aromatic ring is 1. The first-order valence-corrected chi connectivity index (χ1v) is 5.02. The molecule has 2 N–H and O–H groups in total. The van der Waals surface area contributed by atoms with Crippen LogP contribution in [0.4, 0.5) is 5.69 Å². The van der Waals surface area contributed by atoms with Crippen molar-refractivity contribution in [3.8, 4) is 5.75 Å². The quantitative estimate of drug-likeness (QED) is 0.752. The van der Waals surface area contributed by atoms with E-state index in [9.17, 15) is 0 Å². The summed E-state index contributed by atoms with van der Waals surface area (Å²) >= 11 is 0. The molecule has 1 heterocycles. The molecule has 1 aliphatic rings. The second-order valence-electron chi connectivity index (χ2n) is 3.48. The summed E-state index contributed by atoms with van der Waals surface area (Å²) in [7, 11) is 1.65. The maximum Gasteiger partial charge on any atom is 0.149 e. The average molecular weight is 205 g/mol. The fourth-order valence-electron chi connectivity index (χ4n) is 1.81. The monoisotopic (exact) mass is 205 g/mol. The third-order valence-electron chi connectivity index (χ3n) is 2.56. The first kappa shape index (κ1) is 10.1. The van der Waals surface area contributed by atoms with Gasteiger partial charge in [0.05, 0.1) is 26.0 Å². The summed E-state index contributed by atoms with van der Waals surface area (Å²) in [4.78, 5) is 0. The van der Waals surface area contributed by atoms with Crippen LogP contribution in [0.5, 0.6) is 5.75 Å². The van der Waals surface area contributed by atoms with Crippen LogP contribution < -0.4 is 10.5 Å². The first-order chi connectivity index (χ1) is 7.33. The van der Waals surface area contributed by atoms with Crippen LogP contribution in [0.2, 0.25) is 0 Å². The van der Waals surface area contributed by atoms with Gasteiger partial charge in [0.25, 0.3) is 0 Å². The molecule has 0 aromatic heterocycles. The van der Waals surface area contributed by atoms with E-state index in [-0.39, 0.29) is 0 Å². The highest BCUT2D eigenvalue weighted by molar-refractivity contribution is 5.76. The molecule has 1 aromatic rings. The van der Waals surface area contributed by atoms with Crippen molar-refractivity contribution >= 4 is 11.3 Å². The number of nitrogens with two attached hydrogens (primary N) is 1. The minimum absolute atomic E-state index is 0.674. The molecule has 0 amide bonds. The van der Waals surface area contributed by atoms with Gasteiger partial charge in [-0.15, -0.1) is 0 Å². The minimum Gasteiger partial charge on any atom is -0.494 e. The highest BCUT2D eigenvalue weighted by atomic mass is 16.5. The zero-order chi connectivity index (χ0) is 10.7. The van der Waals surface area contributed by atoms with Gasteiger partial charge in [0.2, 0.25) is 0 Å². The Balaban J connectivity index is 2.42. The second kappa shape index (κ2) is 4.36. The Morgan fingerprint density at radius 2 is 2.27 bits per heavy atom. The van der Waals surface area contributed by atoms with Gasteiger partial charge in [-0.2, -0.15) is 0 Å². The van der Waals surface area contributed by atoms with Gasteiger partial charge in [-0.1, -0.05) is 18.2 Å². The summed E-state index contributed by atoms with van der Waals surface area (Å²) in [5.41, 5.74) is 8.88. The molecule has 1 aromatic carbocycles. The number of hydrogen-bond donors (Lipinski definition) is 1. The lowest BCUT2D eigenvalue weighted by Gasteiger charge is -2.17. The van der Waals surface area contributed by atoms with Gasteiger partial charge >= 0.3 is 0 Å². The van der Waals surface area contributed by atoms with E-state index < -0.39 is 0 Å². The number of hydrogen-bond acceptors (Lipinski definition) is 3. The molecule has 3 nitrogen and oxygen atoms in total. The number of methoxy groups -OCH3 is 1. The van der Waals surface area contributed by atoms with Crippen molar-refractivity contribution in [2.45, 2.75) is 6.42 Å². The fourth-order valence-corrected chi connectivity index (χ4v) is 1.81. The normalized spacial score (nSPS) is 15.9. The average Bonchev–Trinajstić information content (AvgIpc) is 2.30. The Morgan fingerprint density at radius 1 is 1.40 bits per heavy atom. The molecule has 0 unspecified atom stereocenters. The lowest BCUT2D eigenvalue weighted by atomic mass is 10.00. The molecule has 1 aliphatic heterocycles. The third kappa shape index (κ3) is 1.97. The zero-order valence-corrected chi connectivity index (χ0v) is 8.82. The lowest BCUT2D eigenvalue weighted by molar-refractivity contribution is 0.161. The highest BCUT2D eigenvalue weighted by Crippen LogP contribution is 2.33. The van der Waals surface area contributed by atoms with Crippen molar-refractivity contribution in [3.05, 3.63) is 29.8 Å². The van der Waals surface area contributed by atoms with E-state index >= 15 is 0 Å². The van der Waals surface area contributed by atoms with Crippen molar-refractivity contribution in [2.75, 3.05) is 26.1 Å². The van der Waals surface area contributed by atoms with Gasteiger partial charge in [0.15, 0.2) is 0 Å². The van der Waals surface area contributed by atoms with Crippen LogP contribution in [0.15, 0.2) is 24.3 Å². The Labute approximate surface area is 89.5 Å². The van der Waals surface area contributed by atoms with Gasteiger partial charge in [-0.3, -0.25) is 0 Å². The topological polar surface area (TPSA) is 44.5 Å². The van der Waals surface area contributed by atoms with Crippen LogP contribution in [0.1, 0.15) is 12.0 Å². The SMILES string of the molecule is COc1c(N)cccc1C1=CCOCC1. The molecular weight excluding hydrogens is 190 g/mol. The Morgan fingerprint density at radius 3 is 2.93 bits per heavy atom. The third-order valence-corrected chi connectivity index (χ3v) is 2.56. The van der Waals surface area contributed by atoms with Crippen molar-refractivity contribution in [1.82, 2.24) is 0 Å². The van der Waals surface area contributed by atoms with Crippen LogP contribution >= 0.6 is 0 Å². The number of rotatable bonds is 2. The molecule has 0 aliphatic carbocycles. The van der Waals surface area contributed by atoms with E-state index in [1.807, 2.05) is 18.2 Å². The van der Waals surface area contributed by atoms with Crippen molar-refractivity contribution in [1.29, 1.82) is 0 Å². The van der Waals surface area contributed by atoms with Gasteiger partial charge < -0.3 is 15.2 Å². The van der Waals surface area contributed by atoms with E-state index in [2.05, 4.69) is 6.08 Å². The maximum atomic E-state index is 5.86. The van der Waals surface area contributed by atoms with E-state index in [0.29, 0.717) is 12.3 Å². The summed E-state index contributed by atoms with van der Waals surface area (Å²) < 4.78 is 10.6. The molecular formula is C12H15NO2. The second-order valence-corrected chi connectivity index (χ2v) is 3.48. The summed E-state index contributed by atoms with van der Waals surface area (Å²) in [6.45, 7) is 1.44. The Bertz CT molecular complexity index is 385. The fraction of sp³-hybridized carbons (Fsp3) is 0.333. The Hall–Kier alpha value is -1.48. The van der Waals surface area contributed by atoms with Crippen LogP contribution in [0.25, 0.3) is 5.57 Å². The molecule has 3 heteroatoms. The molecule has 15 heavy (non-hydrogen) atoms. The maximum absolute atomic E-state index is 5.86. The lowest BCUT2D eigenvalue weighted by Crippen LogP contribution is -2.05. The van der Waals surface area contributed by atoms with Crippen LogP contribution in [0.3, 0.4) is 0 Å². The first-order valence-electron chi connectivity index (χ1n) is 5.02. The molecule has 2 rings (SSSR count). The summed E-state index contributed by atoms with van der Waals surface area (Å²) in [6.07, 6.45) is 3.00. The van der Waals surface area contributed by atoms with Gasteiger partial charge in [0.1, 0.15) is 5.75 Å². The molecule has 0 spiro atoms. The predicted octanol–water partition coefficient (Wildman–Crippen LogP) is 2.08. The molecule has 0 bridgehead atoms. The molecule has 80 valence electrons. The molecule has 0 fully saturated rings. The summed E-state index contributed by atoms with van der Waals surface area (Å²) in [5.74, 6) is 0.769. The van der Waals surface area contributed by atoms with Crippen LogP contribution in [-0.4, -0.2) is 20.3 Å². The van der Waals surface area contributed by atoms with E-state index in [0.717, 1.165) is 24.3 Å². The highest BCUT2D eigenvalue weighted by Gasteiger charge is 2.12. The standard InChI is InChI=1S/C12H15NO2/c1-14-12-10(3-2-4-11(12)13)9-5-7-15-8-6-9/h2-5H,6-8,13H2,1H3. The summed E-state index contributed by atoms with van der Waals surface area (Å²) in [6, 6.07) is 5.83. The molecule has 0 saturated heterocycles. The Kier molecular flexibility index (Phi) is 2.92. The van der Waals surface area contributed by atoms with Crippen LogP contribution in [0, 0.1) is 0 Å². The van der Waals surface area contributed by atoms with E-state index in [1.165, 1.54) is 5.57 Å². The number of para-hydroxylation sites is 1. The minimum atomic E-state index is 0.674. The van der Waals surface area contributed by atoms with Crippen LogP contribution in [-0.2, 0) is 4.74 Å². The molecule has 0 radical (unpaired) electrons. The number of benzene rings is 1. The van der Waals surface area contributed by atoms with Gasteiger partial charge in [-0.05, 0) is 18.1 Å². The number of anilines is 1. The van der Waals surface area contributed by atoms with E-state index in [4.69, 9.17) is 15.2 Å². The molecule has 0 atom stereocenters. The van der Waals surface area contributed by atoms with Gasteiger partial charge in [0, 0.05) is 5.56 Å². The summed E-state index contributed by atoms with van der Waals surface area (Å²) in [5, 5.41) is 0. The zero-order valence-electron chi connectivity index (χ0n) is 8.82. The van der Waals surface area contributed by atoms with Crippen molar-refractivity contribution in [2.24, 2.45) is 0 Å². The number of ether oxygens (including phenoxy) is 2. The smallest absolute Gasteiger partial charge is 0.149 e. The van der Waals surface area contributed by atoms with E-state index in [1.54, 1.807) is 7.11 Å².